The Labute approximate surface area is 177 Å². The van der Waals surface area contributed by atoms with E-state index in [4.69, 9.17) is 4.74 Å². The number of nitrogens with one attached hydrogen (secondary N) is 1. The molecule has 0 saturated carbocycles. The first-order valence-electron chi connectivity index (χ1n) is 9.31. The van der Waals surface area contributed by atoms with Crippen molar-refractivity contribution in [2.24, 2.45) is 0 Å². The Hall–Kier alpha value is -3.57. The molecule has 3 rings (SSSR count). The highest BCUT2D eigenvalue weighted by Gasteiger charge is 2.13. The van der Waals surface area contributed by atoms with E-state index in [0.29, 0.717) is 22.0 Å². The van der Waals surface area contributed by atoms with Crippen LogP contribution >= 0.6 is 11.3 Å². The first-order valence-corrected chi connectivity index (χ1v) is 10.1. The van der Waals surface area contributed by atoms with Crippen molar-refractivity contribution in [1.29, 1.82) is 5.26 Å². The summed E-state index contributed by atoms with van der Waals surface area (Å²) in [6, 6.07) is 15.2. The van der Waals surface area contributed by atoms with Crippen LogP contribution in [0.3, 0.4) is 0 Å². The SMILES string of the molecule is CCCc1nnc(NC(=O)/C(C#N)=C\c2cccc(OCc3ccccc3F)c2)s1. The second kappa shape index (κ2) is 10.3. The normalized spacial score (nSPS) is 11.0. The summed E-state index contributed by atoms with van der Waals surface area (Å²) in [5, 5.41) is 21.1. The van der Waals surface area contributed by atoms with E-state index in [1.165, 1.54) is 23.5 Å². The second-order valence-corrected chi connectivity index (χ2v) is 7.39. The Morgan fingerprint density at radius 2 is 2.10 bits per heavy atom. The summed E-state index contributed by atoms with van der Waals surface area (Å²) in [4.78, 5) is 12.4. The molecule has 6 nitrogen and oxygen atoms in total. The Bertz CT molecular complexity index is 1100. The van der Waals surface area contributed by atoms with Gasteiger partial charge in [-0.3, -0.25) is 10.1 Å². The second-order valence-electron chi connectivity index (χ2n) is 6.33. The fourth-order valence-electron chi connectivity index (χ4n) is 2.57. The van der Waals surface area contributed by atoms with Gasteiger partial charge < -0.3 is 4.74 Å². The van der Waals surface area contributed by atoms with Crippen LogP contribution in [0.4, 0.5) is 9.52 Å². The number of rotatable bonds is 8. The van der Waals surface area contributed by atoms with Crippen molar-refractivity contribution in [1.82, 2.24) is 10.2 Å². The summed E-state index contributed by atoms with van der Waals surface area (Å²) in [7, 11) is 0. The molecule has 30 heavy (non-hydrogen) atoms. The van der Waals surface area contributed by atoms with Crippen molar-refractivity contribution in [3.8, 4) is 11.8 Å². The molecule has 2 aromatic carbocycles. The van der Waals surface area contributed by atoms with Crippen LogP contribution in [0.5, 0.6) is 5.75 Å². The fraction of sp³-hybridized carbons (Fsp3) is 0.182. The number of hydrogen-bond donors (Lipinski definition) is 1. The number of aromatic nitrogens is 2. The zero-order valence-corrected chi connectivity index (χ0v) is 17.1. The monoisotopic (exact) mass is 422 g/mol. The standard InChI is InChI=1S/C22H19FN4O2S/c1-2-6-20-26-27-22(30-20)25-21(28)17(13-24)11-15-7-5-9-18(12-15)29-14-16-8-3-4-10-19(16)23/h3-5,7-12H,2,6,14H2,1H3,(H,25,27,28)/b17-11-. The number of ether oxygens (including phenoxy) is 1. The van der Waals surface area contributed by atoms with Crippen LogP contribution in [0, 0.1) is 17.1 Å². The van der Waals surface area contributed by atoms with Crippen LogP contribution in [-0.2, 0) is 17.8 Å². The average molecular weight is 422 g/mol. The van der Waals surface area contributed by atoms with Crippen LogP contribution in [-0.4, -0.2) is 16.1 Å². The van der Waals surface area contributed by atoms with E-state index in [9.17, 15) is 14.4 Å². The van der Waals surface area contributed by atoms with E-state index in [1.807, 2.05) is 13.0 Å². The number of carbonyl (C=O) groups excluding carboxylic acids is 1. The van der Waals surface area contributed by atoms with E-state index in [0.717, 1.165) is 17.8 Å². The topological polar surface area (TPSA) is 87.9 Å². The van der Waals surface area contributed by atoms with Gasteiger partial charge in [-0.25, -0.2) is 4.39 Å². The lowest BCUT2D eigenvalue weighted by atomic mass is 10.1. The maximum absolute atomic E-state index is 13.7. The maximum Gasteiger partial charge on any atom is 0.268 e. The first kappa shape index (κ1) is 21.1. The number of carbonyl (C=O) groups is 1. The highest BCUT2D eigenvalue weighted by Crippen LogP contribution is 2.20. The minimum absolute atomic E-state index is 0.0720. The van der Waals surface area contributed by atoms with Gasteiger partial charge in [0.15, 0.2) is 0 Å². The van der Waals surface area contributed by atoms with Crippen molar-refractivity contribution in [2.75, 3.05) is 5.32 Å². The lowest BCUT2D eigenvalue weighted by Gasteiger charge is -2.08. The molecule has 1 N–H and O–H groups in total. The van der Waals surface area contributed by atoms with Crippen molar-refractivity contribution in [3.05, 3.63) is 76.1 Å². The van der Waals surface area contributed by atoms with Gasteiger partial charge in [0, 0.05) is 12.0 Å². The Morgan fingerprint density at radius 3 is 2.87 bits per heavy atom. The summed E-state index contributed by atoms with van der Waals surface area (Å²) in [5.74, 6) is -0.400. The third kappa shape index (κ3) is 5.72. The molecule has 0 atom stereocenters. The molecule has 0 saturated heterocycles. The van der Waals surface area contributed by atoms with E-state index in [1.54, 1.807) is 42.5 Å². The molecule has 0 fully saturated rings. The highest BCUT2D eigenvalue weighted by atomic mass is 32.1. The molecule has 0 aliphatic carbocycles. The largest absolute Gasteiger partial charge is 0.489 e. The average Bonchev–Trinajstić information content (AvgIpc) is 3.18. The van der Waals surface area contributed by atoms with Crippen LogP contribution in [0.15, 0.2) is 54.1 Å². The van der Waals surface area contributed by atoms with Gasteiger partial charge in [-0.15, -0.1) is 10.2 Å². The van der Waals surface area contributed by atoms with Crippen LogP contribution in [0.1, 0.15) is 29.5 Å². The molecule has 0 radical (unpaired) electrons. The van der Waals surface area contributed by atoms with Gasteiger partial charge in [0.25, 0.3) is 5.91 Å². The van der Waals surface area contributed by atoms with Gasteiger partial charge in [-0.05, 0) is 36.3 Å². The summed E-state index contributed by atoms with van der Waals surface area (Å²) < 4.78 is 19.4. The van der Waals surface area contributed by atoms with Crippen molar-refractivity contribution in [2.45, 2.75) is 26.4 Å². The number of hydrogen-bond acceptors (Lipinski definition) is 6. The zero-order valence-electron chi connectivity index (χ0n) is 16.3. The fourth-order valence-corrected chi connectivity index (χ4v) is 3.41. The molecule has 1 heterocycles. The Balaban J connectivity index is 1.69. The first-order chi connectivity index (χ1) is 14.6. The van der Waals surface area contributed by atoms with Crippen molar-refractivity contribution >= 4 is 28.5 Å². The van der Waals surface area contributed by atoms with Crippen LogP contribution in [0.25, 0.3) is 6.08 Å². The summed E-state index contributed by atoms with van der Waals surface area (Å²) >= 11 is 1.29. The maximum atomic E-state index is 13.7. The number of benzene rings is 2. The number of aryl methyl sites for hydroxylation is 1. The summed E-state index contributed by atoms with van der Waals surface area (Å²) in [6.07, 6.45) is 3.18. The number of amides is 1. The van der Waals surface area contributed by atoms with E-state index < -0.39 is 5.91 Å². The Kier molecular flexibility index (Phi) is 7.24. The van der Waals surface area contributed by atoms with E-state index in [-0.39, 0.29) is 18.0 Å². The molecule has 0 unspecified atom stereocenters. The third-order valence-electron chi connectivity index (χ3n) is 4.04. The molecule has 152 valence electrons. The minimum Gasteiger partial charge on any atom is -0.489 e. The predicted molar refractivity (Wildman–Crippen MR) is 113 cm³/mol. The smallest absolute Gasteiger partial charge is 0.268 e. The van der Waals surface area contributed by atoms with Gasteiger partial charge in [0.1, 0.15) is 34.8 Å². The predicted octanol–water partition coefficient (Wildman–Crippen LogP) is 4.75. The van der Waals surface area contributed by atoms with Crippen molar-refractivity contribution < 1.29 is 13.9 Å². The van der Waals surface area contributed by atoms with Crippen LogP contribution in [0.2, 0.25) is 0 Å². The molecule has 0 spiro atoms. The number of halogens is 1. The van der Waals surface area contributed by atoms with Gasteiger partial charge in [0.2, 0.25) is 5.13 Å². The van der Waals surface area contributed by atoms with Crippen molar-refractivity contribution in [3.63, 3.8) is 0 Å². The number of nitriles is 1. The minimum atomic E-state index is -0.561. The van der Waals surface area contributed by atoms with Gasteiger partial charge in [-0.2, -0.15) is 5.26 Å². The van der Waals surface area contributed by atoms with Gasteiger partial charge in [0.05, 0.1) is 0 Å². The van der Waals surface area contributed by atoms with Crippen LogP contribution < -0.4 is 10.1 Å². The zero-order chi connectivity index (χ0) is 21.3. The van der Waals surface area contributed by atoms with Gasteiger partial charge >= 0.3 is 0 Å². The molecule has 1 aromatic heterocycles. The number of anilines is 1. The molecule has 0 bridgehead atoms. The third-order valence-corrected chi connectivity index (χ3v) is 4.94. The van der Waals surface area contributed by atoms with Gasteiger partial charge in [-0.1, -0.05) is 48.6 Å². The Morgan fingerprint density at radius 1 is 1.27 bits per heavy atom. The van der Waals surface area contributed by atoms with E-state index >= 15 is 0 Å². The van der Waals surface area contributed by atoms with E-state index in [2.05, 4.69) is 15.5 Å². The molecule has 1 amide bonds. The molecule has 3 aromatic rings. The summed E-state index contributed by atoms with van der Waals surface area (Å²) in [5.41, 5.74) is 0.972. The highest BCUT2D eigenvalue weighted by molar-refractivity contribution is 7.15. The molecule has 0 aliphatic heterocycles. The quantitative estimate of drug-likeness (QED) is 0.418. The lowest BCUT2D eigenvalue weighted by Crippen LogP contribution is -2.13. The molecule has 0 aliphatic rings. The summed E-state index contributed by atoms with van der Waals surface area (Å²) in [6.45, 7) is 2.10. The molecular formula is C22H19FN4O2S. The number of nitrogens with zero attached hydrogens (tertiary/aromatic N) is 3. The lowest BCUT2D eigenvalue weighted by molar-refractivity contribution is -0.112. The molecular weight excluding hydrogens is 403 g/mol. The molecule has 8 heteroatoms.